The molecule has 130 valence electrons. The minimum atomic E-state index is -4.38. The Morgan fingerprint density at radius 3 is 2.24 bits per heavy atom. The third-order valence-corrected chi connectivity index (χ3v) is 3.47. The second-order valence-electron chi connectivity index (χ2n) is 5.37. The van der Waals surface area contributed by atoms with Crippen LogP contribution in [-0.2, 0) is 17.5 Å². The van der Waals surface area contributed by atoms with Gasteiger partial charge in [-0.2, -0.15) is 18.4 Å². The first kappa shape index (κ1) is 18.3. The van der Waals surface area contributed by atoms with Crippen molar-refractivity contribution in [3.8, 4) is 11.8 Å². The zero-order valence-electron chi connectivity index (χ0n) is 13.4. The molecule has 0 unspecified atom stereocenters. The Morgan fingerprint density at radius 1 is 1.12 bits per heavy atom. The van der Waals surface area contributed by atoms with Crippen LogP contribution in [0.1, 0.15) is 16.7 Å². The predicted molar refractivity (Wildman–Crippen MR) is 84.6 cm³/mol. The Labute approximate surface area is 143 Å². The molecule has 1 amide bonds. The van der Waals surface area contributed by atoms with Crippen molar-refractivity contribution in [3.63, 3.8) is 0 Å². The van der Waals surface area contributed by atoms with Gasteiger partial charge in [0.15, 0.2) is 6.61 Å². The molecule has 0 spiro atoms. The number of carbonyl (C=O) groups is 1. The minimum Gasteiger partial charge on any atom is -0.484 e. The number of halogens is 3. The smallest absolute Gasteiger partial charge is 0.416 e. The third-order valence-electron chi connectivity index (χ3n) is 3.47. The SMILES string of the molecule is CN(Cc1ccc(C(F)(F)F)cc1)C(=O)COc1ccc(C#N)cc1. The van der Waals surface area contributed by atoms with E-state index in [1.165, 1.54) is 17.0 Å². The Hall–Kier alpha value is -3.01. The van der Waals surface area contributed by atoms with Crippen LogP contribution < -0.4 is 4.74 Å². The molecule has 0 aliphatic rings. The van der Waals surface area contributed by atoms with E-state index in [-0.39, 0.29) is 19.1 Å². The largest absolute Gasteiger partial charge is 0.484 e. The molecular weight excluding hydrogens is 333 g/mol. The molecule has 0 saturated heterocycles. The summed E-state index contributed by atoms with van der Waals surface area (Å²) in [5, 5.41) is 8.71. The number of amides is 1. The van der Waals surface area contributed by atoms with Crippen LogP contribution >= 0.6 is 0 Å². The molecule has 0 fully saturated rings. The number of benzene rings is 2. The second-order valence-corrected chi connectivity index (χ2v) is 5.37. The molecule has 2 rings (SSSR count). The van der Waals surface area contributed by atoms with Crippen LogP contribution in [0, 0.1) is 11.3 Å². The molecule has 0 radical (unpaired) electrons. The lowest BCUT2D eigenvalue weighted by Crippen LogP contribution is -2.30. The highest BCUT2D eigenvalue weighted by Crippen LogP contribution is 2.29. The fourth-order valence-electron chi connectivity index (χ4n) is 2.04. The van der Waals surface area contributed by atoms with Crippen molar-refractivity contribution in [2.75, 3.05) is 13.7 Å². The Balaban J connectivity index is 1.88. The highest BCUT2D eigenvalue weighted by Gasteiger charge is 2.29. The number of nitrogens with zero attached hydrogens (tertiary/aromatic N) is 2. The van der Waals surface area contributed by atoms with Gasteiger partial charge >= 0.3 is 6.18 Å². The van der Waals surface area contributed by atoms with Gasteiger partial charge in [-0.05, 0) is 42.0 Å². The van der Waals surface area contributed by atoms with E-state index in [2.05, 4.69) is 0 Å². The number of ether oxygens (including phenoxy) is 1. The van der Waals surface area contributed by atoms with Gasteiger partial charge in [0.1, 0.15) is 5.75 Å². The molecular formula is C18H15F3N2O2. The van der Waals surface area contributed by atoms with Gasteiger partial charge < -0.3 is 9.64 Å². The Bertz CT molecular complexity index is 763. The highest BCUT2D eigenvalue weighted by atomic mass is 19.4. The normalized spacial score (nSPS) is 10.8. The number of rotatable bonds is 5. The Morgan fingerprint density at radius 2 is 1.72 bits per heavy atom. The standard InChI is InChI=1S/C18H15F3N2O2/c1-23(11-14-2-6-15(7-3-14)18(19,20)21)17(24)12-25-16-8-4-13(10-22)5-9-16/h2-9H,11-12H2,1H3. The summed E-state index contributed by atoms with van der Waals surface area (Å²) >= 11 is 0. The van der Waals surface area contributed by atoms with Crippen molar-refractivity contribution in [3.05, 3.63) is 65.2 Å². The van der Waals surface area contributed by atoms with Gasteiger partial charge in [0.05, 0.1) is 17.2 Å². The van der Waals surface area contributed by atoms with E-state index in [0.29, 0.717) is 16.9 Å². The summed E-state index contributed by atoms with van der Waals surface area (Å²) in [6.45, 7) is -0.0310. The number of hydrogen-bond acceptors (Lipinski definition) is 3. The Kier molecular flexibility index (Phi) is 5.65. The van der Waals surface area contributed by atoms with E-state index in [1.807, 2.05) is 6.07 Å². The maximum Gasteiger partial charge on any atom is 0.416 e. The first-order chi connectivity index (χ1) is 11.8. The lowest BCUT2D eigenvalue weighted by molar-refractivity contribution is -0.137. The number of carbonyl (C=O) groups excluding carboxylic acids is 1. The van der Waals surface area contributed by atoms with E-state index in [0.717, 1.165) is 12.1 Å². The molecule has 0 aliphatic heterocycles. The molecule has 0 aromatic heterocycles. The van der Waals surface area contributed by atoms with E-state index in [1.54, 1.807) is 31.3 Å². The van der Waals surface area contributed by atoms with Crippen molar-refractivity contribution in [1.29, 1.82) is 5.26 Å². The third kappa shape index (κ3) is 5.24. The first-order valence-corrected chi connectivity index (χ1v) is 7.32. The molecule has 2 aromatic rings. The van der Waals surface area contributed by atoms with Crippen LogP contribution in [0.2, 0.25) is 0 Å². The molecule has 0 atom stereocenters. The van der Waals surface area contributed by atoms with Gasteiger partial charge in [0.2, 0.25) is 0 Å². The summed E-state index contributed by atoms with van der Waals surface area (Å²) < 4.78 is 42.9. The topological polar surface area (TPSA) is 53.3 Å². The summed E-state index contributed by atoms with van der Waals surface area (Å²) in [6.07, 6.45) is -4.38. The summed E-state index contributed by atoms with van der Waals surface area (Å²) in [4.78, 5) is 13.4. The molecule has 0 saturated carbocycles. The van der Waals surface area contributed by atoms with Crippen LogP contribution in [-0.4, -0.2) is 24.5 Å². The van der Waals surface area contributed by atoms with E-state index < -0.39 is 11.7 Å². The zero-order valence-corrected chi connectivity index (χ0v) is 13.4. The summed E-state index contributed by atoms with van der Waals surface area (Å²) in [6, 6.07) is 13.0. The van der Waals surface area contributed by atoms with E-state index in [4.69, 9.17) is 10.00 Å². The van der Waals surface area contributed by atoms with Gasteiger partial charge in [-0.15, -0.1) is 0 Å². The molecule has 0 heterocycles. The molecule has 0 aliphatic carbocycles. The first-order valence-electron chi connectivity index (χ1n) is 7.32. The fraction of sp³-hybridized carbons (Fsp3) is 0.222. The quantitative estimate of drug-likeness (QED) is 0.829. The maximum atomic E-state index is 12.5. The minimum absolute atomic E-state index is 0.174. The summed E-state index contributed by atoms with van der Waals surface area (Å²) in [5.74, 6) is 0.138. The lowest BCUT2D eigenvalue weighted by Gasteiger charge is -2.18. The lowest BCUT2D eigenvalue weighted by atomic mass is 10.1. The predicted octanol–water partition coefficient (Wildman–Crippen LogP) is 3.61. The van der Waals surface area contributed by atoms with Crippen molar-refractivity contribution < 1.29 is 22.7 Å². The van der Waals surface area contributed by atoms with Crippen LogP contribution in [0.25, 0.3) is 0 Å². The van der Waals surface area contributed by atoms with E-state index in [9.17, 15) is 18.0 Å². The number of nitriles is 1. The van der Waals surface area contributed by atoms with E-state index >= 15 is 0 Å². The number of alkyl halides is 3. The molecule has 2 aromatic carbocycles. The van der Waals surface area contributed by atoms with Crippen LogP contribution in [0.4, 0.5) is 13.2 Å². The monoisotopic (exact) mass is 348 g/mol. The van der Waals surface area contributed by atoms with Gasteiger partial charge in [-0.3, -0.25) is 4.79 Å². The second kappa shape index (κ2) is 7.71. The average Bonchev–Trinajstić information content (AvgIpc) is 2.59. The zero-order chi connectivity index (χ0) is 18.4. The molecule has 0 N–H and O–H groups in total. The van der Waals surface area contributed by atoms with Gasteiger partial charge in [-0.1, -0.05) is 12.1 Å². The van der Waals surface area contributed by atoms with Gasteiger partial charge in [0.25, 0.3) is 5.91 Å². The molecule has 7 heteroatoms. The fourth-order valence-corrected chi connectivity index (χ4v) is 2.04. The van der Waals surface area contributed by atoms with Crippen molar-refractivity contribution in [1.82, 2.24) is 4.90 Å². The molecule has 25 heavy (non-hydrogen) atoms. The van der Waals surface area contributed by atoms with Crippen molar-refractivity contribution in [2.45, 2.75) is 12.7 Å². The van der Waals surface area contributed by atoms with Gasteiger partial charge in [0, 0.05) is 13.6 Å². The van der Waals surface area contributed by atoms with Crippen LogP contribution in [0.15, 0.2) is 48.5 Å². The van der Waals surface area contributed by atoms with Crippen LogP contribution in [0.5, 0.6) is 5.75 Å². The molecule has 0 bridgehead atoms. The highest BCUT2D eigenvalue weighted by molar-refractivity contribution is 5.77. The average molecular weight is 348 g/mol. The summed E-state index contributed by atoms with van der Waals surface area (Å²) in [7, 11) is 1.54. The number of likely N-dealkylation sites (N-methyl/N-ethyl adjacent to an activating group) is 1. The van der Waals surface area contributed by atoms with Crippen LogP contribution in [0.3, 0.4) is 0 Å². The molecule has 4 nitrogen and oxygen atoms in total. The summed E-state index contributed by atoms with van der Waals surface area (Å²) in [5.41, 5.74) is 0.342. The number of hydrogen-bond donors (Lipinski definition) is 0. The van der Waals surface area contributed by atoms with Crippen molar-refractivity contribution >= 4 is 5.91 Å². The van der Waals surface area contributed by atoms with Gasteiger partial charge in [-0.25, -0.2) is 0 Å². The van der Waals surface area contributed by atoms with Crippen molar-refractivity contribution in [2.24, 2.45) is 0 Å². The maximum absolute atomic E-state index is 12.5.